The van der Waals surface area contributed by atoms with Gasteiger partial charge in [-0.25, -0.2) is 0 Å². The number of hydrogen-bond acceptors (Lipinski definition) is 2. The van der Waals surface area contributed by atoms with Gasteiger partial charge in [-0.2, -0.15) is 0 Å². The van der Waals surface area contributed by atoms with Crippen LogP contribution in [0.5, 0.6) is 0 Å². The molecule has 0 saturated carbocycles. The number of fused-ring (bicyclic) bond motifs is 2. The molecule has 4 rings (SSSR count). The van der Waals surface area contributed by atoms with Crippen molar-refractivity contribution in [2.24, 2.45) is 0 Å². The number of nitrogens with zero attached hydrogens (tertiary/aromatic N) is 1. The number of likely N-dealkylation sites (tertiary alicyclic amines) is 1. The highest BCUT2D eigenvalue weighted by molar-refractivity contribution is 5.35. The summed E-state index contributed by atoms with van der Waals surface area (Å²) in [6.45, 7) is 4.23. The average Bonchev–Trinajstić information content (AvgIpc) is 2.94. The van der Waals surface area contributed by atoms with Crippen LogP contribution in [-0.4, -0.2) is 24.5 Å². The van der Waals surface area contributed by atoms with Gasteiger partial charge in [0.15, 0.2) is 0 Å². The van der Waals surface area contributed by atoms with E-state index in [1.54, 1.807) is 0 Å². The molecule has 0 atom stereocenters. The van der Waals surface area contributed by atoms with E-state index in [9.17, 15) is 0 Å². The Morgan fingerprint density at radius 1 is 0.909 bits per heavy atom. The summed E-state index contributed by atoms with van der Waals surface area (Å²) in [4.78, 5) is 2.59. The van der Waals surface area contributed by atoms with Crippen molar-refractivity contribution in [2.75, 3.05) is 19.6 Å². The SMILES string of the molecule is c1ccc(CCN2CCC3(CC2)OCc2ccccc23)cc1. The van der Waals surface area contributed by atoms with E-state index in [0.29, 0.717) is 0 Å². The van der Waals surface area contributed by atoms with E-state index in [1.165, 1.54) is 16.7 Å². The molecule has 0 N–H and O–H groups in total. The smallest absolute Gasteiger partial charge is 0.0963 e. The van der Waals surface area contributed by atoms with Gasteiger partial charge in [0.1, 0.15) is 0 Å². The molecule has 0 aliphatic carbocycles. The molecule has 2 aliphatic rings. The molecule has 1 saturated heterocycles. The Hall–Kier alpha value is -1.64. The van der Waals surface area contributed by atoms with Crippen molar-refractivity contribution >= 4 is 0 Å². The maximum absolute atomic E-state index is 6.24. The Morgan fingerprint density at radius 2 is 1.64 bits per heavy atom. The molecule has 0 bridgehead atoms. The van der Waals surface area contributed by atoms with Gasteiger partial charge in [0.25, 0.3) is 0 Å². The molecule has 0 aromatic heterocycles. The van der Waals surface area contributed by atoms with Gasteiger partial charge in [-0.15, -0.1) is 0 Å². The quantitative estimate of drug-likeness (QED) is 0.854. The number of hydrogen-bond donors (Lipinski definition) is 0. The average molecular weight is 293 g/mol. The lowest BCUT2D eigenvalue weighted by atomic mass is 9.84. The Bertz CT molecular complexity index is 629. The molecule has 2 aliphatic heterocycles. The van der Waals surface area contributed by atoms with Crippen LogP contribution in [-0.2, 0) is 23.4 Å². The molecule has 1 spiro atoms. The summed E-state index contributed by atoms with van der Waals surface area (Å²) in [6, 6.07) is 19.5. The molecule has 22 heavy (non-hydrogen) atoms. The molecular weight excluding hydrogens is 270 g/mol. The molecule has 2 nitrogen and oxygen atoms in total. The summed E-state index contributed by atoms with van der Waals surface area (Å²) in [5.74, 6) is 0. The number of ether oxygens (including phenoxy) is 1. The molecule has 2 heterocycles. The fraction of sp³-hybridized carbons (Fsp3) is 0.400. The lowest BCUT2D eigenvalue weighted by Gasteiger charge is -2.39. The van der Waals surface area contributed by atoms with Crippen molar-refractivity contribution in [1.82, 2.24) is 4.90 Å². The van der Waals surface area contributed by atoms with Crippen LogP contribution in [0.3, 0.4) is 0 Å². The highest BCUT2D eigenvalue weighted by Crippen LogP contribution is 2.43. The lowest BCUT2D eigenvalue weighted by molar-refractivity contribution is -0.0785. The van der Waals surface area contributed by atoms with E-state index in [0.717, 1.165) is 45.5 Å². The summed E-state index contributed by atoms with van der Waals surface area (Å²) in [7, 11) is 0. The van der Waals surface area contributed by atoms with Gasteiger partial charge >= 0.3 is 0 Å². The van der Waals surface area contributed by atoms with E-state index in [4.69, 9.17) is 4.74 Å². The van der Waals surface area contributed by atoms with Gasteiger partial charge in [-0.05, 0) is 36.0 Å². The minimum atomic E-state index is -0.000158. The van der Waals surface area contributed by atoms with Crippen molar-refractivity contribution in [2.45, 2.75) is 31.5 Å². The van der Waals surface area contributed by atoms with Gasteiger partial charge in [0.05, 0.1) is 12.2 Å². The summed E-state index contributed by atoms with van der Waals surface area (Å²) < 4.78 is 6.24. The van der Waals surface area contributed by atoms with Gasteiger partial charge in [0.2, 0.25) is 0 Å². The van der Waals surface area contributed by atoms with Crippen LogP contribution in [0.2, 0.25) is 0 Å². The van der Waals surface area contributed by atoms with Crippen LogP contribution < -0.4 is 0 Å². The van der Waals surface area contributed by atoms with Gasteiger partial charge in [-0.3, -0.25) is 0 Å². The number of piperidine rings is 1. The van der Waals surface area contributed by atoms with E-state index in [1.807, 2.05) is 0 Å². The summed E-state index contributed by atoms with van der Waals surface area (Å²) in [5.41, 5.74) is 4.27. The Morgan fingerprint density at radius 3 is 2.45 bits per heavy atom. The van der Waals surface area contributed by atoms with Crippen molar-refractivity contribution in [1.29, 1.82) is 0 Å². The van der Waals surface area contributed by atoms with Crippen LogP contribution in [0.4, 0.5) is 0 Å². The van der Waals surface area contributed by atoms with Crippen molar-refractivity contribution < 1.29 is 4.74 Å². The van der Waals surface area contributed by atoms with Gasteiger partial charge in [0, 0.05) is 19.6 Å². The summed E-state index contributed by atoms with van der Waals surface area (Å²) in [5, 5.41) is 0. The first-order valence-electron chi connectivity index (χ1n) is 8.34. The first-order chi connectivity index (χ1) is 10.9. The second-order valence-electron chi connectivity index (χ2n) is 6.52. The topological polar surface area (TPSA) is 12.5 Å². The molecule has 0 amide bonds. The van der Waals surface area contributed by atoms with Crippen LogP contribution in [0.15, 0.2) is 54.6 Å². The Balaban J connectivity index is 1.37. The standard InChI is InChI=1S/C20H23NO/c1-2-6-17(7-3-1)10-13-21-14-11-20(12-15-21)19-9-5-4-8-18(19)16-22-20/h1-9H,10-16H2. The zero-order chi connectivity index (χ0) is 14.8. The minimum absolute atomic E-state index is 0.000158. The highest BCUT2D eigenvalue weighted by Gasteiger charge is 2.42. The molecule has 1 fully saturated rings. The van der Waals surface area contributed by atoms with Crippen molar-refractivity contribution in [3.63, 3.8) is 0 Å². The first kappa shape index (κ1) is 14.0. The summed E-state index contributed by atoms with van der Waals surface area (Å²) >= 11 is 0. The second kappa shape index (κ2) is 5.86. The van der Waals surface area contributed by atoms with Crippen molar-refractivity contribution in [3.05, 3.63) is 71.3 Å². The second-order valence-corrected chi connectivity index (χ2v) is 6.52. The zero-order valence-electron chi connectivity index (χ0n) is 13.0. The third kappa shape index (κ3) is 2.57. The predicted octanol–water partition coefficient (Wildman–Crippen LogP) is 3.75. The molecule has 2 aromatic carbocycles. The van der Waals surface area contributed by atoms with Crippen LogP contribution >= 0.6 is 0 Å². The maximum Gasteiger partial charge on any atom is 0.0963 e. The van der Waals surface area contributed by atoms with E-state index in [-0.39, 0.29) is 5.60 Å². The zero-order valence-corrected chi connectivity index (χ0v) is 13.0. The monoisotopic (exact) mass is 293 g/mol. The molecule has 114 valence electrons. The lowest BCUT2D eigenvalue weighted by Crippen LogP contribution is -2.43. The predicted molar refractivity (Wildman–Crippen MR) is 88.7 cm³/mol. The van der Waals surface area contributed by atoms with Gasteiger partial charge < -0.3 is 9.64 Å². The normalized spacial score (nSPS) is 20.2. The highest BCUT2D eigenvalue weighted by atomic mass is 16.5. The molecular formula is C20H23NO. The third-order valence-corrected chi connectivity index (χ3v) is 5.24. The van der Waals surface area contributed by atoms with E-state index < -0.39 is 0 Å². The fourth-order valence-corrected chi connectivity index (χ4v) is 3.87. The third-order valence-electron chi connectivity index (χ3n) is 5.24. The largest absolute Gasteiger partial charge is 0.365 e. The van der Waals surface area contributed by atoms with E-state index >= 15 is 0 Å². The Labute approximate surface area is 132 Å². The first-order valence-corrected chi connectivity index (χ1v) is 8.34. The molecule has 0 radical (unpaired) electrons. The van der Waals surface area contributed by atoms with E-state index in [2.05, 4.69) is 59.5 Å². The van der Waals surface area contributed by atoms with Crippen molar-refractivity contribution in [3.8, 4) is 0 Å². The maximum atomic E-state index is 6.24. The minimum Gasteiger partial charge on any atom is -0.365 e. The number of rotatable bonds is 3. The van der Waals surface area contributed by atoms with Crippen LogP contribution in [0, 0.1) is 0 Å². The molecule has 0 unspecified atom stereocenters. The Kier molecular flexibility index (Phi) is 3.73. The number of benzene rings is 2. The summed E-state index contributed by atoms with van der Waals surface area (Å²) in [6.07, 6.45) is 3.39. The van der Waals surface area contributed by atoms with Crippen LogP contribution in [0.1, 0.15) is 29.5 Å². The molecule has 2 aromatic rings. The van der Waals surface area contributed by atoms with Crippen LogP contribution in [0.25, 0.3) is 0 Å². The molecule has 2 heteroatoms. The van der Waals surface area contributed by atoms with Gasteiger partial charge in [-0.1, -0.05) is 54.6 Å². The fourth-order valence-electron chi connectivity index (χ4n) is 3.87.